The average molecular weight is 393 g/mol. The van der Waals surface area contributed by atoms with Gasteiger partial charge in [0.2, 0.25) is 5.91 Å². The highest BCUT2D eigenvalue weighted by Crippen LogP contribution is 2.17. The van der Waals surface area contributed by atoms with Crippen LogP contribution in [0, 0.1) is 6.92 Å². The molecule has 0 saturated carbocycles. The minimum atomic E-state index is -0.745. The van der Waals surface area contributed by atoms with Crippen LogP contribution in [0.1, 0.15) is 21.5 Å². The third-order valence-corrected chi connectivity index (χ3v) is 4.76. The summed E-state index contributed by atoms with van der Waals surface area (Å²) in [4.78, 5) is 25.7. The number of nitrogens with one attached hydrogen (secondary N) is 2. The van der Waals surface area contributed by atoms with E-state index in [0.717, 1.165) is 16.8 Å². The molecule has 1 atom stereocenters. The number of halogens is 1. The lowest BCUT2D eigenvalue weighted by Crippen LogP contribution is -2.45. The Morgan fingerprint density at radius 2 is 1.54 bits per heavy atom. The molecular weight excluding hydrogens is 372 g/mol. The highest BCUT2D eigenvalue weighted by molar-refractivity contribution is 6.33. The molecular formula is C23H21ClN2O2. The Hall–Kier alpha value is -3.11. The molecule has 0 heterocycles. The van der Waals surface area contributed by atoms with Gasteiger partial charge in [0.25, 0.3) is 5.91 Å². The van der Waals surface area contributed by atoms with Crippen molar-refractivity contribution in [2.75, 3.05) is 5.32 Å². The molecule has 3 aromatic rings. The van der Waals surface area contributed by atoms with E-state index in [4.69, 9.17) is 11.6 Å². The minimum Gasteiger partial charge on any atom is -0.340 e. The Morgan fingerprint density at radius 1 is 0.893 bits per heavy atom. The van der Waals surface area contributed by atoms with E-state index in [-0.39, 0.29) is 11.8 Å². The first-order valence-corrected chi connectivity index (χ1v) is 9.38. The highest BCUT2D eigenvalue weighted by atomic mass is 35.5. The van der Waals surface area contributed by atoms with E-state index in [1.54, 1.807) is 24.3 Å². The summed E-state index contributed by atoms with van der Waals surface area (Å²) in [7, 11) is 0. The summed E-state index contributed by atoms with van der Waals surface area (Å²) >= 11 is 6.13. The van der Waals surface area contributed by atoms with Gasteiger partial charge in [0.05, 0.1) is 10.6 Å². The maximum atomic E-state index is 13.0. The standard InChI is InChI=1S/C23H21ClN2O2/c1-16-9-5-8-14-20(16)25-23(28)21(15-17-10-3-2-4-11-17)26-22(27)18-12-6-7-13-19(18)24/h2-14,21H,15H2,1H3,(H,25,28)(H,26,27). The molecule has 0 aliphatic carbocycles. The van der Waals surface area contributed by atoms with Gasteiger partial charge in [0.1, 0.15) is 6.04 Å². The number of para-hydroxylation sites is 1. The van der Waals surface area contributed by atoms with Crippen molar-refractivity contribution in [2.45, 2.75) is 19.4 Å². The molecule has 5 heteroatoms. The minimum absolute atomic E-state index is 0.279. The first-order chi connectivity index (χ1) is 13.5. The van der Waals surface area contributed by atoms with E-state index >= 15 is 0 Å². The van der Waals surface area contributed by atoms with Gasteiger partial charge in [-0.05, 0) is 36.2 Å². The first-order valence-electron chi connectivity index (χ1n) is 9.00. The molecule has 3 aromatic carbocycles. The third-order valence-electron chi connectivity index (χ3n) is 4.43. The smallest absolute Gasteiger partial charge is 0.253 e. The molecule has 2 amide bonds. The lowest BCUT2D eigenvalue weighted by molar-refractivity contribution is -0.118. The number of carbonyl (C=O) groups excluding carboxylic acids is 2. The van der Waals surface area contributed by atoms with Crippen molar-refractivity contribution in [1.29, 1.82) is 0 Å². The molecule has 2 N–H and O–H groups in total. The van der Waals surface area contributed by atoms with E-state index in [1.807, 2.05) is 61.5 Å². The molecule has 0 fully saturated rings. The molecule has 28 heavy (non-hydrogen) atoms. The van der Waals surface area contributed by atoms with Crippen LogP contribution < -0.4 is 10.6 Å². The van der Waals surface area contributed by atoms with Crippen molar-refractivity contribution in [2.24, 2.45) is 0 Å². The van der Waals surface area contributed by atoms with Crippen molar-refractivity contribution >= 4 is 29.1 Å². The second kappa shape index (κ2) is 9.20. The summed E-state index contributed by atoms with van der Waals surface area (Å²) in [6, 6.07) is 23.1. The Bertz CT molecular complexity index is 973. The number of rotatable bonds is 6. The van der Waals surface area contributed by atoms with E-state index in [9.17, 15) is 9.59 Å². The Labute approximate surface area is 169 Å². The van der Waals surface area contributed by atoms with Crippen LogP contribution in [-0.2, 0) is 11.2 Å². The lowest BCUT2D eigenvalue weighted by Gasteiger charge is -2.20. The molecule has 0 radical (unpaired) electrons. The number of carbonyl (C=O) groups is 2. The maximum absolute atomic E-state index is 13.0. The van der Waals surface area contributed by atoms with Gasteiger partial charge in [-0.25, -0.2) is 0 Å². The second-order valence-corrected chi connectivity index (χ2v) is 6.91. The van der Waals surface area contributed by atoms with Crippen LogP contribution in [0.3, 0.4) is 0 Å². The van der Waals surface area contributed by atoms with Crippen LogP contribution in [0.5, 0.6) is 0 Å². The van der Waals surface area contributed by atoms with Gasteiger partial charge in [-0.2, -0.15) is 0 Å². The van der Waals surface area contributed by atoms with Crippen LogP contribution in [0.15, 0.2) is 78.9 Å². The summed E-state index contributed by atoms with van der Waals surface area (Å²) in [5, 5.41) is 6.09. The lowest BCUT2D eigenvalue weighted by atomic mass is 10.0. The predicted octanol–water partition coefficient (Wildman–Crippen LogP) is 4.63. The van der Waals surface area contributed by atoms with Crippen molar-refractivity contribution in [3.05, 3.63) is 101 Å². The van der Waals surface area contributed by atoms with E-state index in [2.05, 4.69) is 10.6 Å². The van der Waals surface area contributed by atoms with Gasteiger partial charge in [0.15, 0.2) is 0 Å². The molecule has 1 unspecified atom stereocenters. The summed E-state index contributed by atoms with van der Waals surface area (Å²) in [5.74, 6) is -0.662. The topological polar surface area (TPSA) is 58.2 Å². The number of benzene rings is 3. The number of amides is 2. The molecule has 142 valence electrons. The van der Waals surface area contributed by atoms with E-state index < -0.39 is 6.04 Å². The fraction of sp³-hybridized carbons (Fsp3) is 0.130. The fourth-order valence-corrected chi connectivity index (χ4v) is 3.09. The molecule has 4 nitrogen and oxygen atoms in total. The number of hydrogen-bond donors (Lipinski definition) is 2. The monoisotopic (exact) mass is 392 g/mol. The van der Waals surface area contributed by atoms with Crippen LogP contribution in [0.2, 0.25) is 5.02 Å². The van der Waals surface area contributed by atoms with Crippen LogP contribution in [0.4, 0.5) is 5.69 Å². The predicted molar refractivity (Wildman–Crippen MR) is 113 cm³/mol. The van der Waals surface area contributed by atoms with Crippen molar-refractivity contribution in [1.82, 2.24) is 5.32 Å². The number of hydrogen-bond acceptors (Lipinski definition) is 2. The van der Waals surface area contributed by atoms with Crippen molar-refractivity contribution in [3.8, 4) is 0 Å². The molecule has 0 aromatic heterocycles. The summed E-state index contributed by atoms with van der Waals surface area (Å²) in [6.07, 6.45) is 0.370. The van der Waals surface area contributed by atoms with Crippen LogP contribution in [-0.4, -0.2) is 17.9 Å². The van der Waals surface area contributed by atoms with E-state index in [0.29, 0.717) is 17.0 Å². The zero-order valence-electron chi connectivity index (χ0n) is 15.5. The molecule has 0 bridgehead atoms. The number of anilines is 1. The summed E-state index contributed by atoms with van der Waals surface area (Å²) in [6.45, 7) is 1.92. The zero-order chi connectivity index (χ0) is 19.9. The fourth-order valence-electron chi connectivity index (χ4n) is 2.87. The third kappa shape index (κ3) is 4.99. The SMILES string of the molecule is Cc1ccccc1NC(=O)C(Cc1ccccc1)NC(=O)c1ccccc1Cl. The maximum Gasteiger partial charge on any atom is 0.253 e. The second-order valence-electron chi connectivity index (χ2n) is 6.50. The molecule has 0 saturated heterocycles. The van der Waals surface area contributed by atoms with Gasteiger partial charge in [-0.3, -0.25) is 9.59 Å². The Balaban J connectivity index is 1.82. The molecule has 0 aliphatic heterocycles. The summed E-state index contributed by atoms with van der Waals surface area (Å²) < 4.78 is 0. The largest absolute Gasteiger partial charge is 0.340 e. The molecule has 0 spiro atoms. The highest BCUT2D eigenvalue weighted by Gasteiger charge is 2.23. The van der Waals surface area contributed by atoms with Crippen molar-refractivity contribution < 1.29 is 9.59 Å². The summed E-state index contributed by atoms with van der Waals surface area (Å²) in [5.41, 5.74) is 2.96. The normalized spacial score (nSPS) is 11.5. The van der Waals surface area contributed by atoms with Gasteiger partial charge in [0, 0.05) is 12.1 Å². The van der Waals surface area contributed by atoms with Crippen LogP contribution in [0.25, 0.3) is 0 Å². The average Bonchev–Trinajstić information content (AvgIpc) is 2.70. The Kier molecular flexibility index (Phi) is 6.45. The molecule has 0 aliphatic rings. The van der Waals surface area contributed by atoms with E-state index in [1.165, 1.54) is 0 Å². The number of aryl methyl sites for hydroxylation is 1. The Morgan fingerprint density at radius 3 is 2.25 bits per heavy atom. The van der Waals surface area contributed by atoms with Gasteiger partial charge in [-0.1, -0.05) is 72.3 Å². The molecule has 3 rings (SSSR count). The zero-order valence-corrected chi connectivity index (χ0v) is 16.2. The van der Waals surface area contributed by atoms with Crippen LogP contribution >= 0.6 is 11.6 Å². The van der Waals surface area contributed by atoms with Crippen molar-refractivity contribution in [3.63, 3.8) is 0 Å². The van der Waals surface area contributed by atoms with Gasteiger partial charge >= 0.3 is 0 Å². The van der Waals surface area contributed by atoms with Gasteiger partial charge in [-0.15, -0.1) is 0 Å². The van der Waals surface area contributed by atoms with Gasteiger partial charge < -0.3 is 10.6 Å². The first kappa shape index (κ1) is 19.6. The quantitative estimate of drug-likeness (QED) is 0.642.